The summed E-state index contributed by atoms with van der Waals surface area (Å²) in [6.07, 6.45) is -2.62. The van der Waals surface area contributed by atoms with Crippen LogP contribution in [0.5, 0.6) is 23.0 Å². The minimum atomic E-state index is -1.31. The molecular weight excluding hydrogens is 468 g/mol. The maximum Gasteiger partial charge on any atom is 0.162 e. The maximum absolute atomic E-state index is 11.2. The lowest BCUT2D eigenvalue weighted by Gasteiger charge is -2.28. The molecule has 2 fully saturated rings. The van der Waals surface area contributed by atoms with Crippen molar-refractivity contribution >= 4 is 0 Å². The number of aliphatic hydroxyl groups is 2. The molecule has 36 heavy (non-hydrogen) atoms. The highest BCUT2D eigenvalue weighted by Crippen LogP contribution is 2.40. The number of benzene rings is 2. The van der Waals surface area contributed by atoms with E-state index in [-0.39, 0.29) is 23.0 Å². The number of morpholine rings is 2. The average molecular weight is 505 g/mol. The highest BCUT2D eigenvalue weighted by atomic mass is 16.5. The number of phenols is 2. The van der Waals surface area contributed by atoms with E-state index in [9.17, 15) is 20.4 Å². The summed E-state index contributed by atoms with van der Waals surface area (Å²) in [4.78, 5) is 4.29. The van der Waals surface area contributed by atoms with Crippen molar-refractivity contribution in [1.29, 1.82) is 0 Å². The molecular formula is C26H36N2O8. The Hall–Kier alpha value is -2.60. The zero-order chi connectivity index (χ0) is 25.7. The van der Waals surface area contributed by atoms with Gasteiger partial charge < -0.3 is 39.4 Å². The van der Waals surface area contributed by atoms with Crippen LogP contribution in [0.1, 0.15) is 34.5 Å². The van der Waals surface area contributed by atoms with Crippen LogP contribution in [0.4, 0.5) is 0 Å². The molecule has 0 bridgehead atoms. The van der Waals surface area contributed by atoms with Gasteiger partial charge in [0.05, 0.1) is 40.6 Å². The van der Waals surface area contributed by atoms with Crippen LogP contribution in [-0.4, -0.2) is 97.1 Å². The van der Waals surface area contributed by atoms with Gasteiger partial charge in [0, 0.05) is 50.4 Å². The van der Waals surface area contributed by atoms with Crippen molar-refractivity contribution in [1.82, 2.24) is 9.80 Å². The summed E-state index contributed by atoms with van der Waals surface area (Å²) in [5.41, 5.74) is 1.99. The molecule has 2 aliphatic rings. The highest BCUT2D eigenvalue weighted by Gasteiger charge is 2.26. The molecule has 198 valence electrons. The molecule has 2 aromatic rings. The topological polar surface area (TPSA) is 124 Å². The molecule has 2 unspecified atom stereocenters. The molecule has 2 heterocycles. The Kier molecular flexibility index (Phi) is 8.89. The predicted molar refractivity (Wildman–Crippen MR) is 131 cm³/mol. The lowest BCUT2D eigenvalue weighted by Crippen LogP contribution is -2.35. The van der Waals surface area contributed by atoms with Gasteiger partial charge in [-0.25, -0.2) is 0 Å². The van der Waals surface area contributed by atoms with Crippen molar-refractivity contribution in [3.63, 3.8) is 0 Å². The number of phenolic OH excluding ortho intramolecular Hbond substituents is 2. The molecule has 2 aliphatic heterocycles. The van der Waals surface area contributed by atoms with E-state index in [0.29, 0.717) is 61.8 Å². The van der Waals surface area contributed by atoms with E-state index >= 15 is 0 Å². The van der Waals surface area contributed by atoms with Crippen molar-refractivity contribution in [3.05, 3.63) is 46.5 Å². The number of methoxy groups -OCH3 is 2. The maximum atomic E-state index is 11.2. The van der Waals surface area contributed by atoms with E-state index in [1.807, 2.05) is 0 Å². The van der Waals surface area contributed by atoms with Crippen LogP contribution in [-0.2, 0) is 22.6 Å². The van der Waals surface area contributed by atoms with Crippen LogP contribution in [0, 0.1) is 0 Å². The van der Waals surface area contributed by atoms with Crippen LogP contribution in [0.25, 0.3) is 0 Å². The Morgan fingerprint density at radius 1 is 0.694 bits per heavy atom. The van der Waals surface area contributed by atoms with E-state index in [0.717, 1.165) is 26.2 Å². The summed E-state index contributed by atoms with van der Waals surface area (Å²) < 4.78 is 21.5. The molecule has 2 atom stereocenters. The van der Waals surface area contributed by atoms with Crippen LogP contribution in [0.3, 0.4) is 0 Å². The van der Waals surface area contributed by atoms with Crippen molar-refractivity contribution in [2.24, 2.45) is 0 Å². The number of ether oxygens (including phenoxy) is 4. The van der Waals surface area contributed by atoms with Gasteiger partial charge >= 0.3 is 0 Å². The fourth-order valence-corrected chi connectivity index (χ4v) is 4.64. The first-order chi connectivity index (χ1) is 17.4. The van der Waals surface area contributed by atoms with E-state index in [1.54, 1.807) is 12.1 Å². The van der Waals surface area contributed by atoms with Gasteiger partial charge in [0.15, 0.2) is 23.0 Å². The monoisotopic (exact) mass is 504 g/mol. The molecule has 0 saturated carbocycles. The van der Waals surface area contributed by atoms with Crippen LogP contribution >= 0.6 is 0 Å². The Morgan fingerprint density at radius 2 is 1.06 bits per heavy atom. The molecule has 10 nitrogen and oxygen atoms in total. The number of hydrogen-bond acceptors (Lipinski definition) is 10. The number of aliphatic hydroxyl groups excluding tert-OH is 2. The molecule has 4 rings (SSSR count). The zero-order valence-electron chi connectivity index (χ0n) is 20.9. The molecule has 0 radical (unpaired) electrons. The fraction of sp³-hybridized carbons (Fsp3) is 0.538. The lowest BCUT2D eigenvalue weighted by atomic mass is 9.94. The summed E-state index contributed by atoms with van der Waals surface area (Å²) in [5, 5.41) is 43.7. The molecule has 2 saturated heterocycles. The van der Waals surface area contributed by atoms with Gasteiger partial charge in [0.1, 0.15) is 12.2 Å². The standard InChI is InChI=1S/C26H36N2O8/c1-33-21-13-17(11-19(23(21)29)15-27-3-7-35-8-4-27)25(31)26(32)18-12-20(24(30)22(14-18)34-2)16-28-5-9-36-10-6-28/h11-14,25-26,29-32H,3-10,15-16H2,1-2H3. The fourth-order valence-electron chi connectivity index (χ4n) is 4.64. The second-order valence-corrected chi connectivity index (χ2v) is 9.13. The second kappa shape index (κ2) is 12.1. The van der Waals surface area contributed by atoms with Gasteiger partial charge in [-0.2, -0.15) is 0 Å². The van der Waals surface area contributed by atoms with Gasteiger partial charge in [-0.05, 0) is 35.4 Å². The minimum absolute atomic E-state index is 0.00790. The smallest absolute Gasteiger partial charge is 0.162 e. The molecule has 0 amide bonds. The number of nitrogens with zero attached hydrogens (tertiary/aromatic N) is 2. The first-order valence-corrected chi connectivity index (χ1v) is 12.2. The van der Waals surface area contributed by atoms with Gasteiger partial charge in [0.25, 0.3) is 0 Å². The summed E-state index contributed by atoms with van der Waals surface area (Å²) in [6, 6.07) is 6.43. The van der Waals surface area contributed by atoms with Crippen LogP contribution in [0.15, 0.2) is 24.3 Å². The van der Waals surface area contributed by atoms with Crippen LogP contribution in [0.2, 0.25) is 0 Å². The number of aromatic hydroxyl groups is 2. The van der Waals surface area contributed by atoms with Crippen molar-refractivity contribution < 1.29 is 39.4 Å². The Bertz CT molecular complexity index is 940. The van der Waals surface area contributed by atoms with Crippen LogP contribution < -0.4 is 9.47 Å². The zero-order valence-corrected chi connectivity index (χ0v) is 20.9. The predicted octanol–water partition coefficient (Wildman–Crippen LogP) is 1.55. The van der Waals surface area contributed by atoms with Crippen molar-refractivity contribution in [3.8, 4) is 23.0 Å². The first-order valence-electron chi connectivity index (χ1n) is 12.2. The third kappa shape index (κ3) is 6.03. The van der Waals surface area contributed by atoms with E-state index in [2.05, 4.69) is 9.80 Å². The summed E-state index contributed by atoms with van der Waals surface area (Å²) >= 11 is 0. The average Bonchev–Trinajstić information content (AvgIpc) is 2.91. The third-order valence-electron chi connectivity index (χ3n) is 6.77. The minimum Gasteiger partial charge on any atom is -0.504 e. The normalized spacial score (nSPS) is 19.1. The van der Waals surface area contributed by atoms with Gasteiger partial charge in [-0.15, -0.1) is 0 Å². The van der Waals surface area contributed by atoms with E-state index in [4.69, 9.17) is 18.9 Å². The van der Waals surface area contributed by atoms with Crippen molar-refractivity contribution in [2.75, 3.05) is 66.8 Å². The summed E-state index contributed by atoms with van der Waals surface area (Å²) in [7, 11) is 2.89. The van der Waals surface area contributed by atoms with Gasteiger partial charge in [-0.3, -0.25) is 9.80 Å². The first kappa shape index (κ1) is 26.5. The van der Waals surface area contributed by atoms with E-state index < -0.39 is 12.2 Å². The number of rotatable bonds is 9. The van der Waals surface area contributed by atoms with Gasteiger partial charge in [0.2, 0.25) is 0 Å². The van der Waals surface area contributed by atoms with E-state index in [1.165, 1.54) is 26.4 Å². The lowest BCUT2D eigenvalue weighted by molar-refractivity contribution is 0.0164. The number of hydrogen-bond donors (Lipinski definition) is 4. The SMILES string of the molecule is COc1cc(C(O)C(O)c2cc(CN3CCOCC3)c(O)c(OC)c2)cc(CN2CCOCC2)c1O. The summed E-state index contributed by atoms with van der Waals surface area (Å²) in [5.74, 6) is 0.457. The highest BCUT2D eigenvalue weighted by molar-refractivity contribution is 5.51. The largest absolute Gasteiger partial charge is 0.504 e. The van der Waals surface area contributed by atoms with Crippen molar-refractivity contribution in [2.45, 2.75) is 25.3 Å². The molecule has 0 aliphatic carbocycles. The molecule has 10 heteroatoms. The molecule has 4 N–H and O–H groups in total. The van der Waals surface area contributed by atoms with Gasteiger partial charge in [-0.1, -0.05) is 0 Å². The molecule has 0 aromatic heterocycles. The molecule has 0 spiro atoms. The Morgan fingerprint density at radius 3 is 1.39 bits per heavy atom. The second-order valence-electron chi connectivity index (χ2n) is 9.13. The Labute approximate surface area is 211 Å². The Balaban J connectivity index is 1.61. The molecule has 2 aromatic carbocycles. The summed E-state index contributed by atoms with van der Waals surface area (Å²) in [6.45, 7) is 6.32. The quantitative estimate of drug-likeness (QED) is 0.400. The third-order valence-corrected chi connectivity index (χ3v) is 6.77.